The minimum Gasteiger partial charge on any atom is -0.478 e. The van der Waals surface area contributed by atoms with Gasteiger partial charge in [0, 0.05) is 22.9 Å². The summed E-state index contributed by atoms with van der Waals surface area (Å²) in [5.41, 5.74) is 0.838. The standard InChI is InChI=1S/C15H15NO3S2/c1-10-3-5-13(21-10)15(19)16(2)8-12-7-11(9-20-12)4-6-14(17)18/h3-7,9H,8H2,1-2H3,(H,17,18). The zero-order valence-electron chi connectivity index (χ0n) is 11.7. The number of aryl methyl sites for hydroxylation is 1. The van der Waals surface area contributed by atoms with Gasteiger partial charge in [-0.15, -0.1) is 22.7 Å². The van der Waals surface area contributed by atoms with E-state index < -0.39 is 5.97 Å². The largest absolute Gasteiger partial charge is 0.478 e. The van der Waals surface area contributed by atoms with Crippen LogP contribution >= 0.6 is 22.7 Å². The first-order chi connectivity index (χ1) is 9.95. The lowest BCUT2D eigenvalue weighted by Gasteiger charge is -2.14. The Bertz CT molecular complexity index is 685. The molecule has 2 aromatic rings. The first-order valence-corrected chi connectivity index (χ1v) is 7.95. The van der Waals surface area contributed by atoms with Crippen LogP contribution in [0.15, 0.2) is 29.7 Å². The summed E-state index contributed by atoms with van der Waals surface area (Å²) >= 11 is 3.00. The first-order valence-electron chi connectivity index (χ1n) is 6.26. The fraction of sp³-hybridized carbons (Fsp3) is 0.200. The summed E-state index contributed by atoms with van der Waals surface area (Å²) in [6.45, 7) is 2.49. The molecule has 2 heterocycles. The number of aliphatic carboxylic acids is 1. The van der Waals surface area contributed by atoms with Gasteiger partial charge in [0.15, 0.2) is 0 Å². The third-order valence-corrected chi connectivity index (χ3v) is 4.71. The van der Waals surface area contributed by atoms with Gasteiger partial charge in [-0.2, -0.15) is 0 Å². The van der Waals surface area contributed by atoms with E-state index in [1.165, 1.54) is 22.7 Å². The lowest BCUT2D eigenvalue weighted by Crippen LogP contribution is -2.24. The van der Waals surface area contributed by atoms with Gasteiger partial charge in [0.1, 0.15) is 0 Å². The third-order valence-electron chi connectivity index (χ3n) is 2.78. The number of amides is 1. The highest BCUT2D eigenvalue weighted by atomic mass is 32.1. The van der Waals surface area contributed by atoms with E-state index in [0.29, 0.717) is 6.54 Å². The van der Waals surface area contributed by atoms with Gasteiger partial charge in [-0.05, 0) is 42.1 Å². The van der Waals surface area contributed by atoms with Crippen LogP contribution in [0.2, 0.25) is 0 Å². The molecule has 1 amide bonds. The molecule has 0 aromatic carbocycles. The van der Waals surface area contributed by atoms with E-state index in [-0.39, 0.29) is 5.91 Å². The van der Waals surface area contributed by atoms with Crippen LogP contribution in [0.4, 0.5) is 0 Å². The van der Waals surface area contributed by atoms with Gasteiger partial charge >= 0.3 is 5.97 Å². The van der Waals surface area contributed by atoms with Crippen molar-refractivity contribution in [2.45, 2.75) is 13.5 Å². The zero-order valence-corrected chi connectivity index (χ0v) is 13.3. The number of carbonyl (C=O) groups is 2. The molecule has 0 unspecified atom stereocenters. The van der Waals surface area contributed by atoms with Crippen molar-refractivity contribution in [1.29, 1.82) is 0 Å². The number of carboxylic acid groups (broad SMARTS) is 1. The SMILES string of the molecule is Cc1ccc(C(=O)N(C)Cc2cc(C=CC(=O)O)cs2)s1. The van der Waals surface area contributed by atoms with Gasteiger partial charge in [-0.1, -0.05) is 0 Å². The molecule has 0 spiro atoms. The lowest BCUT2D eigenvalue weighted by molar-refractivity contribution is -0.131. The maximum atomic E-state index is 12.2. The molecule has 0 saturated carbocycles. The molecule has 4 nitrogen and oxygen atoms in total. The highest BCUT2D eigenvalue weighted by Gasteiger charge is 2.14. The van der Waals surface area contributed by atoms with E-state index >= 15 is 0 Å². The molecular weight excluding hydrogens is 306 g/mol. The Morgan fingerprint density at radius 2 is 2.14 bits per heavy atom. The van der Waals surface area contributed by atoms with E-state index in [0.717, 1.165) is 26.3 Å². The van der Waals surface area contributed by atoms with E-state index in [9.17, 15) is 9.59 Å². The Hall–Kier alpha value is -1.92. The van der Waals surface area contributed by atoms with Crippen molar-refractivity contribution >= 4 is 40.6 Å². The monoisotopic (exact) mass is 321 g/mol. The van der Waals surface area contributed by atoms with Gasteiger partial charge in [0.2, 0.25) is 0 Å². The van der Waals surface area contributed by atoms with Crippen molar-refractivity contribution in [1.82, 2.24) is 4.90 Å². The maximum absolute atomic E-state index is 12.2. The van der Waals surface area contributed by atoms with Crippen LogP contribution in [0.1, 0.15) is 25.0 Å². The molecule has 2 aromatic heterocycles. The number of hydrogen-bond donors (Lipinski definition) is 1. The molecular formula is C15H15NO3S2. The smallest absolute Gasteiger partial charge is 0.328 e. The minimum absolute atomic E-state index is 0.00382. The van der Waals surface area contributed by atoms with Crippen molar-refractivity contribution in [3.05, 3.63) is 49.9 Å². The van der Waals surface area contributed by atoms with E-state index in [2.05, 4.69) is 0 Å². The topological polar surface area (TPSA) is 57.6 Å². The number of rotatable bonds is 5. The Balaban J connectivity index is 2.01. The summed E-state index contributed by atoms with van der Waals surface area (Å²) in [7, 11) is 1.77. The highest BCUT2D eigenvalue weighted by molar-refractivity contribution is 7.14. The molecule has 0 saturated heterocycles. The summed E-state index contributed by atoms with van der Waals surface area (Å²) in [5.74, 6) is -0.966. The van der Waals surface area contributed by atoms with Crippen LogP contribution in [0, 0.1) is 6.92 Å². The van der Waals surface area contributed by atoms with E-state index in [1.807, 2.05) is 30.5 Å². The number of thiophene rings is 2. The fourth-order valence-corrected chi connectivity index (χ4v) is 3.55. The Morgan fingerprint density at radius 3 is 2.76 bits per heavy atom. The lowest BCUT2D eigenvalue weighted by atomic mass is 10.2. The second-order valence-corrected chi connectivity index (χ2v) is 6.87. The minimum atomic E-state index is -0.969. The summed E-state index contributed by atoms with van der Waals surface area (Å²) < 4.78 is 0. The third kappa shape index (κ3) is 4.27. The van der Waals surface area contributed by atoms with Crippen molar-refractivity contribution in [3.63, 3.8) is 0 Å². The summed E-state index contributed by atoms with van der Waals surface area (Å²) in [4.78, 5) is 27.2. The van der Waals surface area contributed by atoms with Crippen LogP contribution in [-0.2, 0) is 11.3 Å². The molecule has 0 bridgehead atoms. The second kappa shape index (κ2) is 6.69. The normalized spacial score (nSPS) is 11.0. The molecule has 6 heteroatoms. The number of hydrogen-bond acceptors (Lipinski definition) is 4. The Kier molecular flexibility index (Phi) is 4.93. The molecule has 0 aliphatic rings. The van der Waals surface area contributed by atoms with Gasteiger partial charge in [-0.25, -0.2) is 4.79 Å². The predicted molar refractivity (Wildman–Crippen MR) is 85.8 cm³/mol. The molecule has 2 rings (SSSR count). The number of carbonyl (C=O) groups excluding carboxylic acids is 1. The van der Waals surface area contributed by atoms with Crippen molar-refractivity contribution in [3.8, 4) is 0 Å². The molecule has 0 radical (unpaired) electrons. The van der Waals surface area contributed by atoms with Crippen molar-refractivity contribution in [2.75, 3.05) is 7.05 Å². The van der Waals surface area contributed by atoms with Crippen molar-refractivity contribution in [2.24, 2.45) is 0 Å². The summed E-state index contributed by atoms with van der Waals surface area (Å²) in [5, 5.41) is 10.5. The molecule has 21 heavy (non-hydrogen) atoms. The highest BCUT2D eigenvalue weighted by Crippen LogP contribution is 2.21. The quantitative estimate of drug-likeness (QED) is 0.858. The Morgan fingerprint density at radius 1 is 1.38 bits per heavy atom. The zero-order chi connectivity index (χ0) is 15.4. The van der Waals surface area contributed by atoms with Crippen LogP contribution in [-0.4, -0.2) is 28.9 Å². The van der Waals surface area contributed by atoms with Gasteiger partial charge in [0.25, 0.3) is 5.91 Å². The first kappa shape index (κ1) is 15.5. The predicted octanol–water partition coefficient (Wildman–Crippen LogP) is 3.49. The van der Waals surface area contributed by atoms with Crippen LogP contribution in [0.3, 0.4) is 0 Å². The second-order valence-electron chi connectivity index (χ2n) is 4.59. The average molecular weight is 321 g/mol. The van der Waals surface area contributed by atoms with Crippen LogP contribution in [0.5, 0.6) is 0 Å². The van der Waals surface area contributed by atoms with Gasteiger partial charge in [-0.3, -0.25) is 4.79 Å². The van der Waals surface area contributed by atoms with Gasteiger partial charge < -0.3 is 10.0 Å². The summed E-state index contributed by atoms with van der Waals surface area (Å²) in [6, 6.07) is 5.67. The molecule has 0 aliphatic carbocycles. The number of carboxylic acids is 1. The molecule has 0 fully saturated rings. The van der Waals surface area contributed by atoms with Gasteiger partial charge in [0.05, 0.1) is 11.4 Å². The van der Waals surface area contributed by atoms with Crippen molar-refractivity contribution < 1.29 is 14.7 Å². The summed E-state index contributed by atoms with van der Waals surface area (Å²) in [6.07, 6.45) is 2.65. The molecule has 0 atom stereocenters. The number of nitrogens with zero attached hydrogens (tertiary/aromatic N) is 1. The van der Waals surface area contributed by atoms with E-state index in [4.69, 9.17) is 5.11 Å². The maximum Gasteiger partial charge on any atom is 0.328 e. The molecule has 0 aliphatic heterocycles. The van der Waals surface area contributed by atoms with E-state index in [1.54, 1.807) is 18.0 Å². The fourth-order valence-electron chi connectivity index (χ4n) is 1.78. The average Bonchev–Trinajstić information content (AvgIpc) is 3.04. The van der Waals surface area contributed by atoms with Crippen LogP contribution in [0.25, 0.3) is 6.08 Å². The molecule has 1 N–H and O–H groups in total. The molecule has 110 valence electrons. The Labute approximate surface area is 131 Å². The van der Waals surface area contributed by atoms with Crippen LogP contribution < -0.4 is 0 Å².